The number of rotatable bonds is 6. The second-order valence-corrected chi connectivity index (χ2v) is 7.09. The predicted octanol–water partition coefficient (Wildman–Crippen LogP) is -0.146. The maximum absolute atomic E-state index is 12.9. The average molecular weight is 392 g/mol. The zero-order valence-corrected chi connectivity index (χ0v) is 14.4. The van der Waals surface area contributed by atoms with Crippen LogP contribution in [-0.4, -0.2) is 34.1 Å². The van der Waals surface area contributed by atoms with Gasteiger partial charge in [-0.2, -0.15) is 9.36 Å². The van der Waals surface area contributed by atoms with Gasteiger partial charge in [0, 0.05) is 5.69 Å². The van der Waals surface area contributed by atoms with E-state index in [-0.39, 0.29) is 10.6 Å². The lowest BCUT2D eigenvalue weighted by Gasteiger charge is -2.08. The molecule has 3 aromatic rings. The van der Waals surface area contributed by atoms with E-state index >= 15 is 0 Å². The van der Waals surface area contributed by atoms with Crippen LogP contribution in [-0.2, 0) is 21.4 Å². The topological polar surface area (TPSA) is 142 Å². The standard InChI is InChI=1S/C15H13FN6O4S/c16-10-1-7-13(8-2-10)27(25,26)18-11-3-5-12(6-4-11)22-15(24)21(19-20-22)9-14(17)23/h1-8,18H,9H2,(H2,17,23). The zero-order chi connectivity index (χ0) is 19.6. The van der Waals surface area contributed by atoms with Crippen LogP contribution in [0.2, 0.25) is 0 Å². The lowest BCUT2D eigenvalue weighted by molar-refractivity contribution is -0.118. The number of nitrogens with zero attached hydrogens (tertiary/aromatic N) is 4. The number of anilines is 1. The Morgan fingerprint density at radius 3 is 2.30 bits per heavy atom. The van der Waals surface area contributed by atoms with Gasteiger partial charge in [0.1, 0.15) is 12.4 Å². The molecule has 1 heterocycles. The molecule has 140 valence electrons. The van der Waals surface area contributed by atoms with Crippen molar-refractivity contribution in [3.63, 3.8) is 0 Å². The largest absolute Gasteiger partial charge is 0.368 e. The Morgan fingerprint density at radius 2 is 1.70 bits per heavy atom. The number of nitrogens with two attached hydrogens (primary N) is 1. The summed E-state index contributed by atoms with van der Waals surface area (Å²) in [6.07, 6.45) is 0. The SMILES string of the molecule is NC(=O)Cn1nnn(-c2ccc(NS(=O)(=O)c3ccc(F)cc3)cc2)c1=O. The third-order valence-corrected chi connectivity index (χ3v) is 4.83. The number of hydrogen-bond acceptors (Lipinski definition) is 6. The van der Waals surface area contributed by atoms with Gasteiger partial charge in [0.25, 0.3) is 10.0 Å². The van der Waals surface area contributed by atoms with Gasteiger partial charge in [-0.3, -0.25) is 9.52 Å². The molecule has 0 fully saturated rings. The van der Waals surface area contributed by atoms with E-state index < -0.39 is 34.0 Å². The van der Waals surface area contributed by atoms with E-state index in [1.165, 1.54) is 24.3 Å². The molecule has 10 nitrogen and oxygen atoms in total. The van der Waals surface area contributed by atoms with Gasteiger partial charge in [-0.25, -0.2) is 17.6 Å². The van der Waals surface area contributed by atoms with Gasteiger partial charge >= 0.3 is 5.69 Å². The Balaban J connectivity index is 1.82. The number of carbonyl (C=O) groups excluding carboxylic acids is 1. The number of halogens is 1. The van der Waals surface area contributed by atoms with Crippen LogP contribution in [0.15, 0.2) is 58.2 Å². The van der Waals surface area contributed by atoms with Crippen molar-refractivity contribution in [3.05, 3.63) is 64.8 Å². The summed E-state index contributed by atoms with van der Waals surface area (Å²) in [6, 6.07) is 10.1. The number of nitrogens with one attached hydrogen (secondary N) is 1. The molecule has 1 amide bonds. The van der Waals surface area contributed by atoms with E-state index in [0.717, 1.165) is 33.6 Å². The first kappa shape index (κ1) is 18.3. The van der Waals surface area contributed by atoms with Crippen molar-refractivity contribution in [1.82, 2.24) is 19.8 Å². The molecule has 0 saturated heterocycles. The van der Waals surface area contributed by atoms with Crippen LogP contribution in [0.1, 0.15) is 0 Å². The molecule has 0 spiro atoms. The molecule has 3 rings (SSSR count). The molecule has 0 aliphatic carbocycles. The fourth-order valence-electron chi connectivity index (χ4n) is 2.18. The van der Waals surface area contributed by atoms with Gasteiger partial charge in [-0.1, -0.05) is 0 Å². The second kappa shape index (κ2) is 6.99. The number of hydrogen-bond donors (Lipinski definition) is 2. The number of carbonyl (C=O) groups is 1. The van der Waals surface area contributed by atoms with Gasteiger partial charge in [0.05, 0.1) is 10.6 Å². The summed E-state index contributed by atoms with van der Waals surface area (Å²) >= 11 is 0. The molecule has 0 saturated carbocycles. The maximum atomic E-state index is 12.9. The summed E-state index contributed by atoms with van der Waals surface area (Å²) in [5.41, 5.74) is 4.87. The van der Waals surface area contributed by atoms with Crippen molar-refractivity contribution in [2.45, 2.75) is 11.4 Å². The highest BCUT2D eigenvalue weighted by Crippen LogP contribution is 2.17. The molecule has 2 aromatic carbocycles. The fourth-order valence-corrected chi connectivity index (χ4v) is 3.24. The zero-order valence-electron chi connectivity index (χ0n) is 13.6. The lowest BCUT2D eigenvalue weighted by atomic mass is 10.3. The summed E-state index contributed by atoms with van der Waals surface area (Å²) < 4.78 is 41.5. The Hall–Kier alpha value is -3.54. The summed E-state index contributed by atoms with van der Waals surface area (Å²) in [6.45, 7) is -0.408. The summed E-state index contributed by atoms with van der Waals surface area (Å²) in [5, 5.41) is 7.17. The molecule has 0 aliphatic rings. The number of aromatic nitrogens is 4. The molecule has 27 heavy (non-hydrogen) atoms. The minimum atomic E-state index is -3.89. The smallest absolute Gasteiger partial charge is 0.368 e. The highest BCUT2D eigenvalue weighted by atomic mass is 32.2. The summed E-state index contributed by atoms with van der Waals surface area (Å²) in [7, 11) is -3.89. The Kier molecular flexibility index (Phi) is 4.73. The molecule has 0 unspecified atom stereocenters. The van der Waals surface area contributed by atoms with Crippen molar-refractivity contribution in [3.8, 4) is 5.69 Å². The number of primary amides is 1. The number of sulfonamides is 1. The predicted molar refractivity (Wildman–Crippen MR) is 92.0 cm³/mol. The Morgan fingerprint density at radius 1 is 1.07 bits per heavy atom. The third-order valence-electron chi connectivity index (χ3n) is 3.43. The molecule has 3 N–H and O–H groups in total. The van der Waals surface area contributed by atoms with Crippen molar-refractivity contribution in [2.24, 2.45) is 5.73 Å². The minimum Gasteiger partial charge on any atom is -0.368 e. The molecule has 1 aromatic heterocycles. The molecule has 12 heteroatoms. The van der Waals surface area contributed by atoms with E-state index in [1.807, 2.05) is 0 Å². The monoisotopic (exact) mass is 392 g/mol. The quantitative estimate of drug-likeness (QED) is 0.598. The second-order valence-electron chi connectivity index (χ2n) is 5.40. The Labute approximate surface area is 152 Å². The normalized spacial score (nSPS) is 11.3. The van der Waals surface area contributed by atoms with E-state index in [1.54, 1.807) is 0 Å². The first-order valence-electron chi connectivity index (χ1n) is 7.46. The number of tetrazole rings is 1. The highest BCUT2D eigenvalue weighted by molar-refractivity contribution is 7.92. The van der Waals surface area contributed by atoms with Crippen molar-refractivity contribution in [2.75, 3.05) is 4.72 Å². The van der Waals surface area contributed by atoms with Crippen LogP contribution >= 0.6 is 0 Å². The van der Waals surface area contributed by atoms with Crippen molar-refractivity contribution >= 4 is 21.6 Å². The van der Waals surface area contributed by atoms with Crippen LogP contribution in [0.4, 0.5) is 10.1 Å². The molecule has 0 aliphatic heterocycles. The Bertz CT molecular complexity index is 1140. The first-order chi connectivity index (χ1) is 12.8. The third kappa shape index (κ3) is 4.00. The van der Waals surface area contributed by atoms with Crippen molar-refractivity contribution in [1.29, 1.82) is 0 Å². The maximum Gasteiger partial charge on any atom is 0.368 e. The van der Waals surface area contributed by atoms with Crippen LogP contribution in [0.3, 0.4) is 0 Å². The number of amides is 1. The highest BCUT2D eigenvalue weighted by Gasteiger charge is 2.15. The van der Waals surface area contributed by atoms with Crippen molar-refractivity contribution < 1.29 is 17.6 Å². The lowest BCUT2D eigenvalue weighted by Crippen LogP contribution is -2.30. The summed E-state index contributed by atoms with van der Waals surface area (Å²) in [4.78, 5) is 22.9. The van der Waals surface area contributed by atoms with Gasteiger partial charge in [-0.05, 0) is 59.0 Å². The summed E-state index contributed by atoms with van der Waals surface area (Å²) in [5.74, 6) is -1.29. The van der Waals surface area contributed by atoms with E-state index in [9.17, 15) is 22.4 Å². The average Bonchev–Trinajstić information content (AvgIpc) is 2.96. The molecule has 0 atom stereocenters. The van der Waals surface area contributed by atoms with Crippen LogP contribution < -0.4 is 16.1 Å². The molecule has 0 radical (unpaired) electrons. The van der Waals surface area contributed by atoms with Gasteiger partial charge in [0.2, 0.25) is 5.91 Å². The molecular formula is C15H13FN6O4S. The minimum absolute atomic E-state index is 0.0985. The fraction of sp³-hybridized carbons (Fsp3) is 0.0667. The van der Waals surface area contributed by atoms with Gasteiger partial charge in [-0.15, -0.1) is 0 Å². The van der Waals surface area contributed by atoms with E-state index in [4.69, 9.17) is 5.73 Å². The van der Waals surface area contributed by atoms with Crippen LogP contribution in [0.5, 0.6) is 0 Å². The first-order valence-corrected chi connectivity index (χ1v) is 8.94. The van der Waals surface area contributed by atoms with E-state index in [0.29, 0.717) is 5.69 Å². The van der Waals surface area contributed by atoms with Gasteiger partial charge in [0.15, 0.2) is 0 Å². The van der Waals surface area contributed by atoms with Crippen LogP contribution in [0, 0.1) is 5.82 Å². The van der Waals surface area contributed by atoms with Crippen LogP contribution in [0.25, 0.3) is 5.69 Å². The molecule has 0 bridgehead atoms. The van der Waals surface area contributed by atoms with E-state index in [2.05, 4.69) is 15.1 Å². The van der Waals surface area contributed by atoms with Gasteiger partial charge < -0.3 is 5.73 Å². The number of benzene rings is 2. The molecular weight excluding hydrogens is 379 g/mol.